The number of hydrogen-bond donors (Lipinski definition) is 1. The molecule has 2 atom stereocenters. The number of nitrogens with one attached hydrogen (secondary N) is 1. The summed E-state index contributed by atoms with van der Waals surface area (Å²) in [7, 11) is 0. The van der Waals surface area contributed by atoms with E-state index in [2.05, 4.69) is 5.32 Å². The number of rotatable bonds is 5. The number of carbonyl (C=O) groups excluding carboxylic acids is 1. The lowest BCUT2D eigenvalue weighted by atomic mass is 10.2. The molecule has 0 aliphatic carbocycles. The van der Waals surface area contributed by atoms with Crippen LogP contribution in [0, 0.1) is 0 Å². The summed E-state index contributed by atoms with van der Waals surface area (Å²) in [6.07, 6.45) is -0.153. The minimum Gasteiger partial charge on any atom is -0.444 e. The molecule has 1 heterocycles. The number of amides is 1. The fourth-order valence-corrected chi connectivity index (χ4v) is 1.09. The van der Waals surface area contributed by atoms with Crippen LogP contribution in [-0.2, 0) is 14.2 Å². The van der Waals surface area contributed by atoms with Crippen LogP contribution in [0.25, 0.3) is 0 Å². The summed E-state index contributed by atoms with van der Waals surface area (Å²) in [5.74, 6) is 0. The first-order valence-corrected chi connectivity index (χ1v) is 5.55. The normalized spacial score (nSPS) is 21.4. The Bertz CT molecular complexity index is 233. The highest BCUT2D eigenvalue weighted by Crippen LogP contribution is 2.09. The van der Waals surface area contributed by atoms with Gasteiger partial charge in [0.25, 0.3) is 0 Å². The van der Waals surface area contributed by atoms with Crippen molar-refractivity contribution in [1.82, 2.24) is 5.32 Å². The molecule has 5 heteroatoms. The summed E-state index contributed by atoms with van der Waals surface area (Å²) in [6, 6.07) is -0.0615. The summed E-state index contributed by atoms with van der Waals surface area (Å²) >= 11 is 0. The van der Waals surface area contributed by atoms with E-state index in [9.17, 15) is 4.79 Å². The van der Waals surface area contributed by atoms with Gasteiger partial charge in [-0.05, 0) is 27.7 Å². The van der Waals surface area contributed by atoms with E-state index in [0.717, 1.165) is 6.61 Å². The lowest BCUT2D eigenvalue weighted by Gasteiger charge is -2.21. The van der Waals surface area contributed by atoms with Crippen LogP contribution in [0.2, 0.25) is 0 Å². The smallest absolute Gasteiger partial charge is 0.407 e. The Morgan fingerprint density at radius 1 is 1.56 bits per heavy atom. The molecule has 0 aromatic heterocycles. The third-order valence-electron chi connectivity index (χ3n) is 1.84. The minimum atomic E-state index is -0.466. The van der Waals surface area contributed by atoms with Gasteiger partial charge in [0.2, 0.25) is 0 Å². The van der Waals surface area contributed by atoms with Crippen LogP contribution in [0.5, 0.6) is 0 Å². The fourth-order valence-electron chi connectivity index (χ4n) is 1.09. The molecule has 94 valence electrons. The number of ether oxygens (including phenoxy) is 3. The molecular weight excluding hydrogens is 210 g/mol. The maximum absolute atomic E-state index is 11.4. The van der Waals surface area contributed by atoms with Gasteiger partial charge in [-0.2, -0.15) is 0 Å². The van der Waals surface area contributed by atoms with E-state index in [4.69, 9.17) is 14.2 Å². The highest BCUT2D eigenvalue weighted by molar-refractivity contribution is 5.68. The average Bonchev–Trinajstić information content (AvgIpc) is 2.83. The molecule has 1 fully saturated rings. The van der Waals surface area contributed by atoms with Gasteiger partial charge in [-0.25, -0.2) is 4.79 Å². The SMILES string of the molecule is CC(COCC1CO1)NC(=O)OC(C)(C)C. The highest BCUT2D eigenvalue weighted by Gasteiger charge is 2.23. The van der Waals surface area contributed by atoms with Crippen molar-refractivity contribution in [3.8, 4) is 0 Å². The highest BCUT2D eigenvalue weighted by atomic mass is 16.6. The molecule has 1 rings (SSSR count). The molecule has 0 aromatic carbocycles. The van der Waals surface area contributed by atoms with Crippen LogP contribution in [0.1, 0.15) is 27.7 Å². The molecule has 16 heavy (non-hydrogen) atoms. The average molecular weight is 231 g/mol. The summed E-state index contributed by atoms with van der Waals surface area (Å²) in [4.78, 5) is 11.4. The summed E-state index contributed by atoms with van der Waals surface area (Å²) < 4.78 is 15.5. The van der Waals surface area contributed by atoms with Crippen LogP contribution >= 0.6 is 0 Å². The van der Waals surface area contributed by atoms with E-state index < -0.39 is 11.7 Å². The maximum atomic E-state index is 11.4. The number of epoxide rings is 1. The van der Waals surface area contributed by atoms with Crippen LogP contribution in [0.4, 0.5) is 4.79 Å². The maximum Gasteiger partial charge on any atom is 0.407 e. The number of carbonyl (C=O) groups is 1. The molecule has 5 nitrogen and oxygen atoms in total. The van der Waals surface area contributed by atoms with Gasteiger partial charge in [0.1, 0.15) is 11.7 Å². The molecule has 0 aromatic rings. The second-order valence-corrected chi connectivity index (χ2v) is 5.04. The van der Waals surface area contributed by atoms with Crippen LogP contribution in [0.15, 0.2) is 0 Å². The van der Waals surface area contributed by atoms with Crippen molar-refractivity contribution < 1.29 is 19.0 Å². The zero-order chi connectivity index (χ0) is 12.2. The van der Waals surface area contributed by atoms with Gasteiger partial charge >= 0.3 is 6.09 Å². The zero-order valence-corrected chi connectivity index (χ0v) is 10.4. The van der Waals surface area contributed by atoms with E-state index in [1.807, 2.05) is 27.7 Å². The third-order valence-corrected chi connectivity index (χ3v) is 1.84. The Morgan fingerprint density at radius 3 is 2.69 bits per heavy atom. The molecule has 1 saturated heterocycles. The van der Waals surface area contributed by atoms with Crippen molar-refractivity contribution in [3.63, 3.8) is 0 Å². The van der Waals surface area contributed by atoms with E-state index in [-0.39, 0.29) is 12.1 Å². The lowest BCUT2D eigenvalue weighted by Crippen LogP contribution is -2.40. The second kappa shape index (κ2) is 5.50. The van der Waals surface area contributed by atoms with Gasteiger partial charge in [-0.1, -0.05) is 0 Å². The number of hydrogen-bond acceptors (Lipinski definition) is 4. The lowest BCUT2D eigenvalue weighted by molar-refractivity contribution is 0.0444. The van der Waals surface area contributed by atoms with Crippen LogP contribution in [-0.4, -0.2) is 43.7 Å². The Balaban J connectivity index is 2.07. The standard InChI is InChI=1S/C11H21NO4/c1-8(5-14-6-9-7-15-9)12-10(13)16-11(2,3)4/h8-9H,5-7H2,1-4H3,(H,12,13). The fraction of sp³-hybridized carbons (Fsp3) is 0.909. The van der Waals surface area contributed by atoms with Gasteiger partial charge in [0.05, 0.1) is 25.9 Å². The molecular formula is C11H21NO4. The quantitative estimate of drug-likeness (QED) is 0.725. The zero-order valence-electron chi connectivity index (χ0n) is 10.4. The Kier molecular flexibility index (Phi) is 4.56. The largest absolute Gasteiger partial charge is 0.444 e. The molecule has 2 unspecified atom stereocenters. The molecule has 0 saturated carbocycles. The molecule has 1 amide bonds. The minimum absolute atomic E-state index is 0.0615. The third kappa shape index (κ3) is 6.63. The van der Waals surface area contributed by atoms with Crippen molar-refractivity contribution in [2.75, 3.05) is 19.8 Å². The Labute approximate surface area is 96.4 Å². The Morgan fingerprint density at radius 2 is 2.19 bits per heavy atom. The summed E-state index contributed by atoms with van der Waals surface area (Å²) in [6.45, 7) is 9.22. The first-order valence-electron chi connectivity index (χ1n) is 5.55. The van der Waals surface area contributed by atoms with Crippen molar-refractivity contribution in [3.05, 3.63) is 0 Å². The predicted octanol–water partition coefficient (Wildman–Crippen LogP) is 1.31. The molecule has 1 aliphatic rings. The van der Waals surface area contributed by atoms with Gasteiger partial charge in [-0.15, -0.1) is 0 Å². The van der Waals surface area contributed by atoms with Crippen molar-refractivity contribution in [2.45, 2.75) is 45.4 Å². The topological polar surface area (TPSA) is 60.1 Å². The van der Waals surface area contributed by atoms with Crippen LogP contribution in [0.3, 0.4) is 0 Å². The van der Waals surface area contributed by atoms with Crippen molar-refractivity contribution in [2.24, 2.45) is 0 Å². The molecule has 0 bridgehead atoms. The van der Waals surface area contributed by atoms with E-state index >= 15 is 0 Å². The van der Waals surface area contributed by atoms with E-state index in [0.29, 0.717) is 13.2 Å². The van der Waals surface area contributed by atoms with Crippen molar-refractivity contribution >= 4 is 6.09 Å². The molecule has 0 spiro atoms. The van der Waals surface area contributed by atoms with Gasteiger partial charge in [0.15, 0.2) is 0 Å². The first-order chi connectivity index (χ1) is 7.37. The van der Waals surface area contributed by atoms with Crippen LogP contribution < -0.4 is 5.32 Å². The Hall–Kier alpha value is -0.810. The monoisotopic (exact) mass is 231 g/mol. The molecule has 0 radical (unpaired) electrons. The van der Waals surface area contributed by atoms with Gasteiger partial charge < -0.3 is 19.5 Å². The molecule has 1 aliphatic heterocycles. The summed E-state index contributed by atoms with van der Waals surface area (Å²) in [5.41, 5.74) is -0.466. The van der Waals surface area contributed by atoms with E-state index in [1.165, 1.54) is 0 Å². The summed E-state index contributed by atoms with van der Waals surface area (Å²) in [5, 5.41) is 2.70. The predicted molar refractivity (Wildman–Crippen MR) is 59.4 cm³/mol. The van der Waals surface area contributed by atoms with Gasteiger partial charge in [0, 0.05) is 0 Å². The first kappa shape index (κ1) is 13.3. The van der Waals surface area contributed by atoms with Gasteiger partial charge in [-0.3, -0.25) is 0 Å². The second-order valence-electron chi connectivity index (χ2n) is 5.04. The number of alkyl carbamates (subject to hydrolysis) is 1. The van der Waals surface area contributed by atoms with E-state index in [1.54, 1.807) is 0 Å². The molecule has 1 N–H and O–H groups in total. The van der Waals surface area contributed by atoms with Crippen molar-refractivity contribution in [1.29, 1.82) is 0 Å².